The molecule has 23 heavy (non-hydrogen) atoms. The Morgan fingerprint density at radius 1 is 0.826 bits per heavy atom. The highest BCUT2D eigenvalue weighted by molar-refractivity contribution is 5.45. The van der Waals surface area contributed by atoms with E-state index in [1.54, 1.807) is 14.2 Å². The Balaban J connectivity index is 1.90. The highest BCUT2D eigenvalue weighted by Gasteiger charge is 2.35. The summed E-state index contributed by atoms with van der Waals surface area (Å²) < 4.78 is 16.9. The largest absolute Gasteiger partial charge is 0.497 e. The molecule has 0 unspecified atom stereocenters. The highest BCUT2D eigenvalue weighted by atomic mass is 16.5. The molecule has 2 atom stereocenters. The Kier molecular flexibility index (Phi) is 4.38. The minimum Gasteiger partial charge on any atom is -0.497 e. The molecule has 3 rings (SSSR count). The first-order chi connectivity index (χ1) is 11.2. The average Bonchev–Trinajstić information content (AvgIpc) is 2.92. The van der Waals surface area contributed by atoms with Gasteiger partial charge in [-0.15, -0.1) is 0 Å². The number of hydrogen-bond donors (Lipinski definition) is 0. The van der Waals surface area contributed by atoms with Gasteiger partial charge in [-0.3, -0.25) is 0 Å². The Hall–Kier alpha value is -2.68. The van der Waals surface area contributed by atoms with Crippen LogP contribution in [0.5, 0.6) is 11.5 Å². The zero-order valence-corrected chi connectivity index (χ0v) is 13.4. The zero-order valence-electron chi connectivity index (χ0n) is 13.4. The quantitative estimate of drug-likeness (QED) is 0.823. The minimum atomic E-state index is -0.180. The minimum absolute atomic E-state index is 0.0589. The predicted octanol–water partition coefficient (Wildman–Crippen LogP) is 4.33. The van der Waals surface area contributed by atoms with E-state index in [9.17, 15) is 0 Å². The Labute approximate surface area is 136 Å². The van der Waals surface area contributed by atoms with Crippen molar-refractivity contribution in [1.29, 1.82) is 0 Å². The van der Waals surface area contributed by atoms with E-state index in [1.807, 2.05) is 54.6 Å². The molecule has 0 N–H and O–H groups in total. The van der Waals surface area contributed by atoms with Crippen molar-refractivity contribution < 1.29 is 14.2 Å². The zero-order chi connectivity index (χ0) is 16.2. The molecule has 0 aliphatic heterocycles. The van der Waals surface area contributed by atoms with Crippen molar-refractivity contribution in [2.75, 3.05) is 14.2 Å². The summed E-state index contributed by atoms with van der Waals surface area (Å²) >= 11 is 0. The summed E-state index contributed by atoms with van der Waals surface area (Å²) in [5.41, 5.74) is 2.00. The lowest BCUT2D eigenvalue weighted by molar-refractivity contribution is 0.222. The molecule has 3 heteroatoms. The van der Waals surface area contributed by atoms with Crippen molar-refractivity contribution in [3.63, 3.8) is 0 Å². The van der Waals surface area contributed by atoms with Gasteiger partial charge in [-0.05, 0) is 35.9 Å². The highest BCUT2D eigenvalue weighted by Crippen LogP contribution is 2.39. The van der Waals surface area contributed by atoms with Crippen molar-refractivity contribution in [2.45, 2.75) is 12.0 Å². The summed E-state index contributed by atoms with van der Waals surface area (Å²) in [7, 11) is 3.32. The summed E-state index contributed by atoms with van der Waals surface area (Å²) in [4.78, 5) is 0. The van der Waals surface area contributed by atoms with Crippen molar-refractivity contribution in [1.82, 2.24) is 0 Å². The van der Waals surface area contributed by atoms with Crippen LogP contribution in [0.3, 0.4) is 0 Å². The van der Waals surface area contributed by atoms with E-state index >= 15 is 0 Å². The van der Waals surface area contributed by atoms with Gasteiger partial charge in [-0.1, -0.05) is 36.9 Å². The molecule has 0 saturated heterocycles. The topological polar surface area (TPSA) is 27.7 Å². The molecular weight excluding hydrogens is 288 g/mol. The first-order valence-corrected chi connectivity index (χ1v) is 7.53. The number of rotatable bonds is 5. The van der Waals surface area contributed by atoms with Gasteiger partial charge in [0.25, 0.3) is 0 Å². The molecule has 0 spiro atoms. The Morgan fingerprint density at radius 3 is 2.13 bits per heavy atom. The van der Waals surface area contributed by atoms with Crippen LogP contribution >= 0.6 is 0 Å². The lowest BCUT2D eigenvalue weighted by atomic mass is 9.95. The van der Waals surface area contributed by atoms with Crippen LogP contribution in [0, 0.1) is 0 Å². The van der Waals surface area contributed by atoms with Gasteiger partial charge in [0.15, 0.2) is 0 Å². The van der Waals surface area contributed by atoms with Crippen LogP contribution in [0.1, 0.15) is 11.5 Å². The van der Waals surface area contributed by atoms with Crippen LogP contribution in [0.25, 0.3) is 0 Å². The molecule has 0 saturated carbocycles. The second kappa shape index (κ2) is 6.61. The van der Waals surface area contributed by atoms with Crippen molar-refractivity contribution in [3.8, 4) is 11.5 Å². The van der Waals surface area contributed by atoms with E-state index in [0.29, 0.717) is 0 Å². The maximum absolute atomic E-state index is 6.18. The van der Waals surface area contributed by atoms with Gasteiger partial charge in [0, 0.05) is 11.5 Å². The molecule has 0 aromatic heterocycles. The lowest BCUT2D eigenvalue weighted by Gasteiger charge is -2.22. The van der Waals surface area contributed by atoms with Gasteiger partial charge in [0.1, 0.15) is 23.4 Å². The van der Waals surface area contributed by atoms with Crippen LogP contribution in [0.2, 0.25) is 0 Å². The number of methoxy groups -OCH3 is 2. The molecule has 118 valence electrons. The van der Waals surface area contributed by atoms with Crippen molar-refractivity contribution in [3.05, 3.63) is 84.1 Å². The standard InChI is InChI=1S/C20H20O3/c1-14-19(22-3)13-18(15-9-11-16(21-2)12-10-15)20(14)23-17-7-5-4-6-8-17/h4-13,18,20H,1H2,2-3H3/t18-,20+/m1/s1. The molecule has 0 amide bonds. The second-order valence-electron chi connectivity index (χ2n) is 5.41. The first-order valence-electron chi connectivity index (χ1n) is 7.53. The Bertz CT molecular complexity index is 701. The van der Waals surface area contributed by atoms with E-state index in [-0.39, 0.29) is 12.0 Å². The fourth-order valence-electron chi connectivity index (χ4n) is 2.80. The number of ether oxygens (including phenoxy) is 3. The fourth-order valence-corrected chi connectivity index (χ4v) is 2.80. The fraction of sp³-hybridized carbons (Fsp3) is 0.200. The van der Waals surface area contributed by atoms with Gasteiger partial charge in [-0.25, -0.2) is 0 Å². The number of para-hydroxylation sites is 1. The normalized spacial score (nSPS) is 20.1. The van der Waals surface area contributed by atoms with Gasteiger partial charge in [-0.2, -0.15) is 0 Å². The van der Waals surface area contributed by atoms with Gasteiger partial charge < -0.3 is 14.2 Å². The molecule has 3 nitrogen and oxygen atoms in total. The van der Waals surface area contributed by atoms with Crippen LogP contribution in [0.4, 0.5) is 0 Å². The third-order valence-electron chi connectivity index (χ3n) is 4.04. The molecule has 0 bridgehead atoms. The van der Waals surface area contributed by atoms with E-state index in [4.69, 9.17) is 14.2 Å². The molecule has 0 fully saturated rings. The third-order valence-corrected chi connectivity index (χ3v) is 4.04. The Morgan fingerprint density at radius 2 is 1.52 bits per heavy atom. The first kappa shape index (κ1) is 15.2. The molecule has 2 aromatic rings. The van der Waals surface area contributed by atoms with Crippen molar-refractivity contribution in [2.24, 2.45) is 0 Å². The maximum atomic E-state index is 6.18. The predicted molar refractivity (Wildman–Crippen MR) is 90.8 cm³/mol. The molecular formula is C20H20O3. The summed E-state index contributed by atoms with van der Waals surface area (Å²) in [5.74, 6) is 2.50. The average molecular weight is 308 g/mol. The van der Waals surface area contributed by atoms with Crippen molar-refractivity contribution >= 4 is 0 Å². The summed E-state index contributed by atoms with van der Waals surface area (Å²) in [5, 5.41) is 0. The van der Waals surface area contributed by atoms with Gasteiger partial charge in [0.2, 0.25) is 0 Å². The molecule has 0 radical (unpaired) electrons. The van der Waals surface area contributed by atoms with E-state index in [0.717, 1.165) is 28.4 Å². The van der Waals surface area contributed by atoms with E-state index in [2.05, 4.69) is 12.7 Å². The second-order valence-corrected chi connectivity index (χ2v) is 5.41. The molecule has 2 aromatic carbocycles. The van der Waals surface area contributed by atoms with Crippen LogP contribution < -0.4 is 9.47 Å². The van der Waals surface area contributed by atoms with E-state index in [1.165, 1.54) is 0 Å². The lowest BCUT2D eigenvalue weighted by Crippen LogP contribution is -2.22. The van der Waals surface area contributed by atoms with Gasteiger partial charge in [0.05, 0.1) is 14.2 Å². The van der Waals surface area contributed by atoms with Crippen LogP contribution in [-0.4, -0.2) is 20.3 Å². The number of hydrogen-bond acceptors (Lipinski definition) is 3. The van der Waals surface area contributed by atoms with Gasteiger partial charge >= 0.3 is 0 Å². The molecule has 1 aliphatic rings. The summed E-state index contributed by atoms with van der Waals surface area (Å²) in [6.45, 7) is 4.15. The SMILES string of the molecule is C=C1C(OC)=C[C@H](c2ccc(OC)cc2)[C@H]1Oc1ccccc1. The maximum Gasteiger partial charge on any atom is 0.137 e. The molecule has 1 aliphatic carbocycles. The number of benzene rings is 2. The van der Waals surface area contributed by atoms with Crippen LogP contribution in [-0.2, 0) is 4.74 Å². The molecule has 0 heterocycles. The van der Waals surface area contributed by atoms with E-state index < -0.39 is 0 Å². The summed E-state index contributed by atoms with van der Waals surface area (Å²) in [6.07, 6.45) is 1.89. The monoisotopic (exact) mass is 308 g/mol. The smallest absolute Gasteiger partial charge is 0.137 e. The summed E-state index contributed by atoms with van der Waals surface area (Å²) in [6, 6.07) is 17.8. The van der Waals surface area contributed by atoms with Crippen LogP contribution in [0.15, 0.2) is 78.6 Å². The third kappa shape index (κ3) is 3.09.